The van der Waals surface area contributed by atoms with Crippen LogP contribution in [0.25, 0.3) is 0 Å². The maximum atomic E-state index is 3.96. The van der Waals surface area contributed by atoms with Crippen LogP contribution in [-0.2, 0) is 0 Å². The van der Waals surface area contributed by atoms with Gasteiger partial charge in [0.1, 0.15) is 0 Å². The van der Waals surface area contributed by atoms with E-state index in [9.17, 15) is 0 Å². The van der Waals surface area contributed by atoms with Crippen LogP contribution in [0.4, 0.5) is 0 Å². The van der Waals surface area contributed by atoms with Crippen molar-refractivity contribution < 1.29 is 0 Å². The first-order valence-electron chi connectivity index (χ1n) is 7.24. The SMILES string of the molecule is CSC1CCCCC1NC(c1cccs1)c1cccs1. The Morgan fingerprint density at radius 1 is 1.10 bits per heavy atom. The zero-order chi connectivity index (χ0) is 13.8. The zero-order valence-electron chi connectivity index (χ0n) is 11.7. The Morgan fingerprint density at radius 2 is 1.75 bits per heavy atom. The van der Waals surface area contributed by atoms with Crippen molar-refractivity contribution in [3.63, 3.8) is 0 Å². The lowest BCUT2D eigenvalue weighted by atomic mass is 9.94. The Morgan fingerprint density at radius 3 is 2.30 bits per heavy atom. The predicted octanol–water partition coefficient (Wildman–Crippen LogP) is 5.16. The van der Waals surface area contributed by atoms with E-state index in [1.807, 2.05) is 34.4 Å². The summed E-state index contributed by atoms with van der Waals surface area (Å²) in [4.78, 5) is 2.88. The third kappa shape index (κ3) is 3.30. The maximum absolute atomic E-state index is 3.96. The average molecular weight is 324 g/mol. The molecule has 4 heteroatoms. The van der Waals surface area contributed by atoms with Gasteiger partial charge in [-0.25, -0.2) is 0 Å². The van der Waals surface area contributed by atoms with E-state index in [4.69, 9.17) is 0 Å². The van der Waals surface area contributed by atoms with Crippen LogP contribution in [0.3, 0.4) is 0 Å². The normalized spacial score (nSPS) is 23.3. The second-order valence-electron chi connectivity index (χ2n) is 5.30. The Balaban J connectivity index is 1.80. The molecule has 1 saturated carbocycles. The molecule has 1 nitrogen and oxygen atoms in total. The summed E-state index contributed by atoms with van der Waals surface area (Å²) in [7, 11) is 0. The first-order chi connectivity index (χ1) is 9.88. The molecule has 20 heavy (non-hydrogen) atoms. The minimum atomic E-state index is 0.382. The van der Waals surface area contributed by atoms with Crippen molar-refractivity contribution in [2.24, 2.45) is 0 Å². The van der Waals surface area contributed by atoms with Crippen LogP contribution < -0.4 is 5.32 Å². The molecule has 2 atom stereocenters. The minimum Gasteiger partial charge on any atom is -0.301 e. The standard InChI is InChI=1S/C16H21NS3/c1-18-13-7-3-2-6-12(13)17-16(14-8-4-10-19-14)15-9-5-11-20-15/h4-5,8-13,16-17H,2-3,6-7H2,1H3. The summed E-state index contributed by atoms with van der Waals surface area (Å²) >= 11 is 5.76. The van der Waals surface area contributed by atoms with Crippen LogP contribution in [-0.4, -0.2) is 17.5 Å². The van der Waals surface area contributed by atoms with E-state index in [0.717, 1.165) is 5.25 Å². The fourth-order valence-corrected chi connectivity index (χ4v) is 5.62. The summed E-state index contributed by atoms with van der Waals surface area (Å²) in [6, 6.07) is 9.88. The van der Waals surface area contributed by atoms with Gasteiger partial charge in [-0.3, -0.25) is 0 Å². The molecule has 0 saturated heterocycles. The number of hydrogen-bond acceptors (Lipinski definition) is 4. The molecule has 1 aliphatic rings. The molecule has 0 amide bonds. The highest BCUT2D eigenvalue weighted by atomic mass is 32.2. The molecular weight excluding hydrogens is 302 g/mol. The molecule has 0 radical (unpaired) electrons. The minimum absolute atomic E-state index is 0.382. The highest BCUT2D eigenvalue weighted by Gasteiger charge is 2.28. The van der Waals surface area contributed by atoms with Gasteiger partial charge in [-0.15, -0.1) is 22.7 Å². The van der Waals surface area contributed by atoms with Crippen molar-refractivity contribution in [2.45, 2.75) is 43.0 Å². The lowest BCUT2D eigenvalue weighted by Crippen LogP contribution is -2.42. The zero-order valence-corrected chi connectivity index (χ0v) is 14.2. The molecule has 1 N–H and O–H groups in total. The quantitative estimate of drug-likeness (QED) is 0.815. The molecule has 2 heterocycles. The van der Waals surface area contributed by atoms with Gasteiger partial charge in [0.25, 0.3) is 0 Å². The lowest BCUT2D eigenvalue weighted by Gasteiger charge is -2.34. The van der Waals surface area contributed by atoms with Crippen molar-refractivity contribution in [3.8, 4) is 0 Å². The van der Waals surface area contributed by atoms with E-state index >= 15 is 0 Å². The number of hydrogen-bond donors (Lipinski definition) is 1. The van der Waals surface area contributed by atoms with E-state index in [2.05, 4.69) is 46.6 Å². The van der Waals surface area contributed by atoms with Crippen molar-refractivity contribution in [1.82, 2.24) is 5.32 Å². The number of thiophene rings is 2. The molecular formula is C16H21NS3. The van der Waals surface area contributed by atoms with Crippen molar-refractivity contribution in [1.29, 1.82) is 0 Å². The van der Waals surface area contributed by atoms with E-state index in [0.29, 0.717) is 12.1 Å². The van der Waals surface area contributed by atoms with Gasteiger partial charge in [0.2, 0.25) is 0 Å². The van der Waals surface area contributed by atoms with E-state index in [1.54, 1.807) is 0 Å². The van der Waals surface area contributed by atoms with Gasteiger partial charge in [0, 0.05) is 21.0 Å². The molecule has 0 aromatic carbocycles. The van der Waals surface area contributed by atoms with E-state index in [-0.39, 0.29) is 0 Å². The smallest absolute Gasteiger partial charge is 0.0767 e. The van der Waals surface area contributed by atoms with Crippen LogP contribution in [0.15, 0.2) is 35.0 Å². The molecule has 2 aromatic rings. The first kappa shape index (κ1) is 14.6. The third-order valence-electron chi connectivity index (χ3n) is 4.04. The summed E-state index contributed by atoms with van der Waals surface area (Å²) in [5, 5.41) is 9.10. The largest absolute Gasteiger partial charge is 0.301 e. The average Bonchev–Trinajstić information content (AvgIpc) is 3.18. The molecule has 0 aliphatic heterocycles. The summed E-state index contributed by atoms with van der Waals surface area (Å²) in [5.74, 6) is 0. The van der Waals surface area contributed by atoms with Gasteiger partial charge in [0.05, 0.1) is 6.04 Å². The van der Waals surface area contributed by atoms with Crippen molar-refractivity contribution in [2.75, 3.05) is 6.26 Å². The fourth-order valence-electron chi connectivity index (χ4n) is 3.00. The Kier molecular flexibility index (Phi) is 5.21. The first-order valence-corrected chi connectivity index (χ1v) is 10.3. The van der Waals surface area contributed by atoms with Crippen LogP contribution in [0.5, 0.6) is 0 Å². The second-order valence-corrected chi connectivity index (χ2v) is 8.33. The van der Waals surface area contributed by atoms with Gasteiger partial charge >= 0.3 is 0 Å². The molecule has 0 spiro atoms. The molecule has 1 fully saturated rings. The van der Waals surface area contributed by atoms with Crippen LogP contribution in [0.1, 0.15) is 41.5 Å². The fraction of sp³-hybridized carbons (Fsp3) is 0.500. The predicted molar refractivity (Wildman–Crippen MR) is 93.2 cm³/mol. The molecule has 3 rings (SSSR count). The Bertz CT molecular complexity index is 458. The Hall–Kier alpha value is -0.290. The summed E-state index contributed by atoms with van der Waals surface area (Å²) in [5.41, 5.74) is 0. The highest BCUT2D eigenvalue weighted by Crippen LogP contribution is 2.34. The monoisotopic (exact) mass is 323 g/mol. The molecule has 108 valence electrons. The van der Waals surface area contributed by atoms with Gasteiger partial charge < -0.3 is 5.32 Å². The van der Waals surface area contributed by atoms with Crippen LogP contribution in [0.2, 0.25) is 0 Å². The van der Waals surface area contributed by atoms with Crippen molar-refractivity contribution in [3.05, 3.63) is 44.8 Å². The summed E-state index contributed by atoms with van der Waals surface area (Å²) < 4.78 is 0. The van der Waals surface area contributed by atoms with Gasteiger partial charge in [-0.2, -0.15) is 11.8 Å². The molecule has 2 aromatic heterocycles. The highest BCUT2D eigenvalue weighted by molar-refractivity contribution is 7.99. The van der Waals surface area contributed by atoms with Gasteiger partial charge in [0.15, 0.2) is 0 Å². The lowest BCUT2D eigenvalue weighted by molar-refractivity contribution is 0.367. The van der Waals surface area contributed by atoms with Gasteiger partial charge in [-0.05, 0) is 42.0 Å². The van der Waals surface area contributed by atoms with E-state index < -0.39 is 0 Å². The Labute approximate surface area is 133 Å². The second kappa shape index (κ2) is 7.12. The topological polar surface area (TPSA) is 12.0 Å². The maximum Gasteiger partial charge on any atom is 0.0767 e. The summed E-state index contributed by atoms with van der Waals surface area (Å²) in [6.45, 7) is 0. The third-order valence-corrected chi connectivity index (χ3v) is 7.09. The van der Waals surface area contributed by atoms with Crippen LogP contribution in [0, 0.1) is 0 Å². The molecule has 2 unspecified atom stereocenters. The van der Waals surface area contributed by atoms with E-state index in [1.165, 1.54) is 35.4 Å². The van der Waals surface area contributed by atoms with Crippen molar-refractivity contribution >= 4 is 34.4 Å². The number of rotatable bonds is 5. The number of nitrogens with one attached hydrogen (secondary N) is 1. The summed E-state index contributed by atoms with van der Waals surface area (Å²) in [6.07, 6.45) is 7.71. The van der Waals surface area contributed by atoms with Gasteiger partial charge in [-0.1, -0.05) is 25.0 Å². The number of thioether (sulfide) groups is 1. The molecule has 0 bridgehead atoms. The molecule has 1 aliphatic carbocycles. The van der Waals surface area contributed by atoms with Crippen LogP contribution >= 0.6 is 34.4 Å².